The highest BCUT2D eigenvalue weighted by Crippen LogP contribution is 2.08. The van der Waals surface area contributed by atoms with Crippen LogP contribution in [0.5, 0.6) is 0 Å². The molecule has 1 aliphatic rings. The summed E-state index contributed by atoms with van der Waals surface area (Å²) in [5, 5.41) is 2.71. The molecule has 5 nitrogen and oxygen atoms in total. The molecule has 0 aliphatic carbocycles. The Morgan fingerprint density at radius 2 is 2.09 bits per heavy atom. The number of nitrogens with zero attached hydrogens (tertiary/aromatic N) is 1. The Bertz CT molecular complexity index is 548. The topological polar surface area (TPSA) is 53.9 Å². The van der Waals surface area contributed by atoms with Crippen LogP contribution in [0.25, 0.3) is 0 Å². The van der Waals surface area contributed by atoms with Gasteiger partial charge >= 0.3 is 0 Å². The van der Waals surface area contributed by atoms with Crippen molar-refractivity contribution in [2.24, 2.45) is 0 Å². The number of rotatable bonds is 6. The van der Waals surface area contributed by atoms with Crippen molar-refractivity contribution in [2.75, 3.05) is 50.0 Å². The molecule has 1 aromatic carbocycles. The van der Waals surface area contributed by atoms with Gasteiger partial charge in [0.05, 0.1) is 26.2 Å². The van der Waals surface area contributed by atoms with Crippen LogP contribution in [0, 0.1) is 5.82 Å². The number of thioether (sulfide) groups is 1. The molecule has 1 aliphatic heterocycles. The number of nitrogens with one attached hydrogen (secondary N) is 2. The summed E-state index contributed by atoms with van der Waals surface area (Å²) in [5.41, 5.74) is 0.472. The van der Waals surface area contributed by atoms with Crippen LogP contribution < -0.4 is 10.2 Å². The Morgan fingerprint density at radius 1 is 1.35 bits per heavy atom. The summed E-state index contributed by atoms with van der Waals surface area (Å²) in [7, 11) is 0. The van der Waals surface area contributed by atoms with Gasteiger partial charge in [-0.25, -0.2) is 4.39 Å². The van der Waals surface area contributed by atoms with Crippen molar-refractivity contribution in [3.8, 4) is 0 Å². The molecule has 0 spiro atoms. The molecule has 7 heteroatoms. The van der Waals surface area contributed by atoms with Gasteiger partial charge in [-0.2, -0.15) is 11.8 Å². The number of carbonyl (C=O) groups excluding carboxylic acids is 2. The standard InChI is InChI=1S/C16H22FN3O2S/c1-23-10-5-16(22)20-8-6-19(7-9-20)12-15(21)18-14-4-2-3-13(17)11-14/h2-4,11H,5-10,12H2,1H3,(H,18,21)/p+1. The average Bonchev–Trinajstić information content (AvgIpc) is 2.53. The molecule has 0 saturated carbocycles. The summed E-state index contributed by atoms with van der Waals surface area (Å²) >= 11 is 1.67. The van der Waals surface area contributed by atoms with Crippen molar-refractivity contribution in [3.05, 3.63) is 30.1 Å². The monoisotopic (exact) mass is 340 g/mol. The van der Waals surface area contributed by atoms with Gasteiger partial charge in [0.15, 0.2) is 6.54 Å². The largest absolute Gasteiger partial charge is 0.331 e. The van der Waals surface area contributed by atoms with Crippen LogP contribution in [0.1, 0.15) is 6.42 Å². The fraction of sp³-hybridized carbons (Fsp3) is 0.500. The van der Waals surface area contributed by atoms with Crippen molar-refractivity contribution >= 4 is 29.3 Å². The Hall–Kier alpha value is -1.60. The molecule has 126 valence electrons. The van der Waals surface area contributed by atoms with Gasteiger partial charge in [-0.15, -0.1) is 0 Å². The summed E-state index contributed by atoms with van der Waals surface area (Å²) < 4.78 is 13.1. The first-order chi connectivity index (χ1) is 11.1. The van der Waals surface area contributed by atoms with Crippen molar-refractivity contribution in [2.45, 2.75) is 6.42 Å². The summed E-state index contributed by atoms with van der Waals surface area (Å²) in [4.78, 5) is 27.0. The van der Waals surface area contributed by atoms with E-state index in [1.165, 1.54) is 12.1 Å². The van der Waals surface area contributed by atoms with Gasteiger partial charge in [-0.05, 0) is 24.5 Å². The van der Waals surface area contributed by atoms with Crippen LogP contribution in [0.3, 0.4) is 0 Å². The maximum atomic E-state index is 13.1. The van der Waals surface area contributed by atoms with Crippen LogP contribution in [-0.4, -0.2) is 61.4 Å². The van der Waals surface area contributed by atoms with Gasteiger partial charge in [0.25, 0.3) is 5.91 Å². The van der Waals surface area contributed by atoms with Gasteiger partial charge in [0.1, 0.15) is 5.82 Å². The van der Waals surface area contributed by atoms with E-state index in [-0.39, 0.29) is 17.6 Å². The molecule has 0 aromatic heterocycles. The fourth-order valence-electron chi connectivity index (χ4n) is 2.60. The Labute approximate surface area is 140 Å². The second kappa shape index (κ2) is 8.88. The molecule has 1 aromatic rings. The Morgan fingerprint density at radius 3 is 2.74 bits per heavy atom. The maximum absolute atomic E-state index is 13.1. The maximum Gasteiger partial charge on any atom is 0.279 e. The van der Waals surface area contributed by atoms with E-state index in [0.29, 0.717) is 31.7 Å². The highest BCUT2D eigenvalue weighted by Gasteiger charge is 2.24. The molecular formula is C16H23FN3O2S+. The van der Waals surface area contributed by atoms with Crippen LogP contribution in [0.2, 0.25) is 0 Å². The number of quaternary nitrogens is 1. The molecule has 0 unspecified atom stereocenters. The second-order valence-corrected chi connectivity index (χ2v) is 6.59. The van der Waals surface area contributed by atoms with Gasteiger partial charge in [-0.1, -0.05) is 6.07 Å². The van der Waals surface area contributed by atoms with Gasteiger partial charge in [-0.3, -0.25) is 9.59 Å². The zero-order valence-electron chi connectivity index (χ0n) is 13.3. The molecule has 1 saturated heterocycles. The third-order valence-corrected chi connectivity index (χ3v) is 4.47. The number of carbonyl (C=O) groups is 2. The highest BCUT2D eigenvalue weighted by atomic mass is 32.2. The van der Waals surface area contributed by atoms with E-state index in [0.717, 1.165) is 23.7 Å². The Balaban J connectivity index is 1.73. The summed E-state index contributed by atoms with van der Waals surface area (Å²) in [6.07, 6.45) is 2.57. The third kappa shape index (κ3) is 5.84. The first-order valence-corrected chi connectivity index (χ1v) is 9.13. The van der Waals surface area contributed by atoms with E-state index in [9.17, 15) is 14.0 Å². The van der Waals surface area contributed by atoms with E-state index in [1.54, 1.807) is 23.9 Å². The van der Waals surface area contributed by atoms with Gasteiger partial charge in [0, 0.05) is 17.9 Å². The zero-order valence-corrected chi connectivity index (χ0v) is 14.1. The summed E-state index contributed by atoms with van der Waals surface area (Å²) in [6, 6.07) is 5.87. The lowest BCUT2D eigenvalue weighted by Crippen LogP contribution is -3.15. The smallest absolute Gasteiger partial charge is 0.279 e. The summed E-state index contributed by atoms with van der Waals surface area (Å²) in [6.45, 7) is 3.25. The van der Waals surface area contributed by atoms with Crippen molar-refractivity contribution < 1.29 is 18.9 Å². The molecular weight excluding hydrogens is 317 g/mol. The minimum Gasteiger partial charge on any atom is -0.331 e. The first kappa shape index (κ1) is 17.7. The van der Waals surface area contributed by atoms with Crippen LogP contribution in [0.15, 0.2) is 24.3 Å². The van der Waals surface area contributed by atoms with Crippen molar-refractivity contribution in [1.82, 2.24) is 4.90 Å². The van der Waals surface area contributed by atoms with E-state index in [4.69, 9.17) is 0 Å². The predicted molar refractivity (Wildman–Crippen MR) is 90.2 cm³/mol. The molecule has 1 fully saturated rings. The lowest BCUT2D eigenvalue weighted by atomic mass is 10.2. The Kier molecular flexibility index (Phi) is 6.85. The lowest BCUT2D eigenvalue weighted by Gasteiger charge is -2.31. The number of anilines is 1. The first-order valence-electron chi connectivity index (χ1n) is 7.74. The lowest BCUT2D eigenvalue weighted by molar-refractivity contribution is -0.895. The number of benzene rings is 1. The van der Waals surface area contributed by atoms with Crippen LogP contribution >= 0.6 is 11.8 Å². The van der Waals surface area contributed by atoms with Crippen LogP contribution in [-0.2, 0) is 9.59 Å². The van der Waals surface area contributed by atoms with E-state index in [1.807, 2.05) is 11.2 Å². The number of hydrogen-bond acceptors (Lipinski definition) is 3. The highest BCUT2D eigenvalue weighted by molar-refractivity contribution is 7.98. The molecule has 0 bridgehead atoms. The SMILES string of the molecule is CSCCC(=O)N1CC[NH+](CC(=O)Nc2cccc(F)c2)CC1. The van der Waals surface area contributed by atoms with Crippen molar-refractivity contribution in [3.63, 3.8) is 0 Å². The predicted octanol–water partition coefficient (Wildman–Crippen LogP) is 0.244. The second-order valence-electron chi connectivity index (χ2n) is 5.61. The van der Waals surface area contributed by atoms with Crippen molar-refractivity contribution in [1.29, 1.82) is 0 Å². The molecule has 0 radical (unpaired) electrons. The van der Waals surface area contributed by atoms with Gasteiger partial charge in [0.2, 0.25) is 5.91 Å². The van der Waals surface area contributed by atoms with E-state index < -0.39 is 0 Å². The fourth-order valence-corrected chi connectivity index (χ4v) is 2.97. The minimum atomic E-state index is -0.368. The van der Waals surface area contributed by atoms with Gasteiger partial charge < -0.3 is 15.1 Å². The molecule has 2 amide bonds. The number of hydrogen-bond donors (Lipinski definition) is 2. The molecule has 0 atom stereocenters. The zero-order chi connectivity index (χ0) is 16.7. The van der Waals surface area contributed by atoms with Crippen LogP contribution in [0.4, 0.5) is 10.1 Å². The van der Waals surface area contributed by atoms with E-state index >= 15 is 0 Å². The minimum absolute atomic E-state index is 0.132. The number of piperazine rings is 1. The normalized spacial score (nSPS) is 15.5. The molecule has 23 heavy (non-hydrogen) atoms. The molecule has 2 N–H and O–H groups in total. The van der Waals surface area contributed by atoms with E-state index in [2.05, 4.69) is 5.32 Å². The molecule has 2 rings (SSSR count). The number of halogens is 1. The average molecular weight is 340 g/mol. The third-order valence-electron chi connectivity index (χ3n) is 3.86. The number of amides is 2. The quantitative estimate of drug-likeness (QED) is 0.780. The molecule has 1 heterocycles. The summed E-state index contributed by atoms with van der Waals surface area (Å²) in [5.74, 6) is 0.546.